The summed E-state index contributed by atoms with van der Waals surface area (Å²) in [6, 6.07) is 8.66. The molecule has 35 heavy (non-hydrogen) atoms. The van der Waals surface area contributed by atoms with Crippen LogP contribution in [0.25, 0.3) is 0 Å². The number of nitrogens with zero attached hydrogens (tertiary/aromatic N) is 1. The number of likely N-dealkylation sites (N-methyl/N-ethyl adjacent to an activating group) is 1. The molecule has 1 heterocycles. The lowest BCUT2D eigenvalue weighted by Crippen LogP contribution is -2.46. The van der Waals surface area contributed by atoms with Gasteiger partial charge in [0.05, 0.1) is 0 Å². The first-order chi connectivity index (χ1) is 16.7. The van der Waals surface area contributed by atoms with Gasteiger partial charge in [0.25, 0.3) is 11.8 Å². The number of alkyl halides is 2. The zero-order valence-corrected chi connectivity index (χ0v) is 20.5. The third-order valence-corrected chi connectivity index (χ3v) is 5.68. The minimum atomic E-state index is -3.74. The number of hydrogen-bond donors (Lipinski definition) is 2. The fraction of sp³-hybridized carbons (Fsp3) is 0.360. The Morgan fingerprint density at radius 3 is 2.43 bits per heavy atom. The molecule has 0 bridgehead atoms. The lowest BCUT2D eigenvalue weighted by Gasteiger charge is -2.25. The number of amides is 3. The van der Waals surface area contributed by atoms with Crippen LogP contribution in [0, 0.1) is 0 Å². The van der Waals surface area contributed by atoms with Gasteiger partial charge in [0.1, 0.15) is 12.3 Å². The van der Waals surface area contributed by atoms with E-state index >= 15 is 0 Å². The molecule has 188 valence electrons. The molecule has 1 aliphatic heterocycles. The van der Waals surface area contributed by atoms with Crippen molar-refractivity contribution in [2.45, 2.75) is 51.7 Å². The Hall–Kier alpha value is -3.33. The predicted molar refractivity (Wildman–Crippen MR) is 128 cm³/mol. The average molecular weight is 508 g/mol. The molecule has 0 aliphatic carbocycles. The van der Waals surface area contributed by atoms with Gasteiger partial charge in [-0.1, -0.05) is 49.7 Å². The number of hydrogen-bond acceptors (Lipinski definition) is 4. The molecule has 0 radical (unpaired) electrons. The smallest absolute Gasteiger partial charge is 0.349 e. The van der Waals surface area contributed by atoms with E-state index in [0.717, 1.165) is 12.1 Å². The van der Waals surface area contributed by atoms with Crippen molar-refractivity contribution in [1.82, 2.24) is 15.5 Å². The molecule has 1 atom stereocenters. The molecule has 2 aromatic carbocycles. The molecule has 0 saturated heterocycles. The standard InChI is InChI=1S/C23H22ClF2N3O4.C2H6/c1-27-20(31)19(3-2-10-30)29-13-15-11-14(4-9-18(15)21(29)32)12-28-22(33)23(25,26)16-5-7-17(24)8-6-16;1-2/h4-11,19H,2-3,12-13H2,1H3,(H,27,31)(H,28,33);1-2H3. The van der Waals surface area contributed by atoms with Crippen LogP contribution in [0.5, 0.6) is 0 Å². The molecular formula is C25H28ClF2N3O4. The Kier molecular flexibility index (Phi) is 9.89. The number of fused-ring (bicyclic) bond motifs is 1. The third kappa shape index (κ3) is 6.42. The van der Waals surface area contributed by atoms with Crippen molar-refractivity contribution in [1.29, 1.82) is 0 Å². The second kappa shape index (κ2) is 12.4. The highest BCUT2D eigenvalue weighted by Crippen LogP contribution is 2.30. The molecule has 10 heteroatoms. The highest BCUT2D eigenvalue weighted by molar-refractivity contribution is 6.30. The van der Waals surface area contributed by atoms with Crippen molar-refractivity contribution in [2.24, 2.45) is 0 Å². The fourth-order valence-electron chi connectivity index (χ4n) is 3.66. The average Bonchev–Trinajstić information content (AvgIpc) is 3.19. The number of nitrogens with one attached hydrogen (secondary N) is 2. The molecule has 3 rings (SSSR count). The maximum Gasteiger partial charge on any atom is 0.349 e. The largest absolute Gasteiger partial charge is 0.357 e. The minimum absolute atomic E-state index is 0.122. The molecule has 0 saturated carbocycles. The summed E-state index contributed by atoms with van der Waals surface area (Å²) in [5.74, 6) is -5.94. The summed E-state index contributed by atoms with van der Waals surface area (Å²) < 4.78 is 28.9. The van der Waals surface area contributed by atoms with Crippen LogP contribution >= 0.6 is 11.6 Å². The van der Waals surface area contributed by atoms with Gasteiger partial charge in [-0.3, -0.25) is 14.4 Å². The Morgan fingerprint density at radius 1 is 1.17 bits per heavy atom. The second-order valence-corrected chi connectivity index (χ2v) is 8.00. The normalized spacial score (nSPS) is 13.3. The van der Waals surface area contributed by atoms with E-state index in [1.165, 1.54) is 30.1 Å². The van der Waals surface area contributed by atoms with Gasteiger partial charge in [-0.2, -0.15) is 8.78 Å². The van der Waals surface area contributed by atoms with Crippen molar-refractivity contribution in [3.8, 4) is 0 Å². The topological polar surface area (TPSA) is 95.6 Å². The van der Waals surface area contributed by atoms with Gasteiger partial charge in [0.15, 0.2) is 0 Å². The van der Waals surface area contributed by atoms with Gasteiger partial charge in [-0.15, -0.1) is 0 Å². The van der Waals surface area contributed by atoms with E-state index in [1.54, 1.807) is 12.1 Å². The number of carbonyl (C=O) groups excluding carboxylic acids is 4. The molecular weight excluding hydrogens is 480 g/mol. The Balaban J connectivity index is 0.00000210. The van der Waals surface area contributed by atoms with Crippen molar-refractivity contribution >= 4 is 35.6 Å². The zero-order valence-electron chi connectivity index (χ0n) is 19.7. The van der Waals surface area contributed by atoms with Gasteiger partial charge in [-0.25, -0.2) is 0 Å². The molecule has 3 amide bonds. The zero-order chi connectivity index (χ0) is 26.2. The minimum Gasteiger partial charge on any atom is -0.357 e. The lowest BCUT2D eigenvalue weighted by atomic mass is 10.1. The summed E-state index contributed by atoms with van der Waals surface area (Å²) in [7, 11) is 1.45. The van der Waals surface area contributed by atoms with E-state index in [4.69, 9.17) is 11.6 Å². The van der Waals surface area contributed by atoms with Crippen LogP contribution in [0.4, 0.5) is 8.78 Å². The van der Waals surface area contributed by atoms with E-state index in [2.05, 4.69) is 10.6 Å². The van der Waals surface area contributed by atoms with E-state index in [0.29, 0.717) is 23.0 Å². The van der Waals surface area contributed by atoms with Gasteiger partial charge < -0.3 is 20.3 Å². The molecule has 2 aromatic rings. The highest BCUT2D eigenvalue weighted by atomic mass is 35.5. The van der Waals surface area contributed by atoms with E-state index < -0.39 is 23.4 Å². The number of carbonyl (C=O) groups is 4. The van der Waals surface area contributed by atoms with E-state index in [1.807, 2.05) is 13.8 Å². The van der Waals surface area contributed by atoms with E-state index in [9.17, 15) is 28.0 Å². The summed E-state index contributed by atoms with van der Waals surface area (Å²) in [5, 5.41) is 5.00. The fourth-order valence-corrected chi connectivity index (χ4v) is 3.79. The predicted octanol–water partition coefficient (Wildman–Crippen LogP) is 3.82. The van der Waals surface area contributed by atoms with Crippen LogP contribution in [-0.2, 0) is 33.4 Å². The highest BCUT2D eigenvalue weighted by Gasteiger charge is 2.41. The molecule has 1 unspecified atom stereocenters. The van der Waals surface area contributed by atoms with Crippen LogP contribution in [0.3, 0.4) is 0 Å². The molecule has 0 spiro atoms. The van der Waals surface area contributed by atoms with Crippen LogP contribution in [-0.4, -0.2) is 42.0 Å². The van der Waals surface area contributed by atoms with Crippen LogP contribution in [0.2, 0.25) is 5.02 Å². The van der Waals surface area contributed by atoms with Crippen LogP contribution < -0.4 is 10.6 Å². The lowest BCUT2D eigenvalue weighted by molar-refractivity contribution is -0.147. The monoisotopic (exact) mass is 507 g/mol. The number of benzene rings is 2. The number of aldehydes is 1. The first-order valence-corrected chi connectivity index (χ1v) is 11.6. The maximum atomic E-state index is 14.4. The summed E-state index contributed by atoms with van der Waals surface area (Å²) in [5.41, 5.74) is 1.04. The summed E-state index contributed by atoms with van der Waals surface area (Å²) in [6.07, 6.45) is 0.993. The van der Waals surface area contributed by atoms with E-state index in [-0.39, 0.29) is 42.8 Å². The molecule has 2 N–H and O–H groups in total. The van der Waals surface area contributed by atoms with Gasteiger partial charge >= 0.3 is 5.92 Å². The van der Waals surface area contributed by atoms with Crippen molar-refractivity contribution in [3.63, 3.8) is 0 Å². The first-order valence-electron chi connectivity index (χ1n) is 11.2. The maximum absolute atomic E-state index is 14.4. The van der Waals surface area contributed by atoms with Crippen molar-refractivity contribution < 1.29 is 28.0 Å². The van der Waals surface area contributed by atoms with Crippen molar-refractivity contribution in [3.05, 3.63) is 69.7 Å². The third-order valence-electron chi connectivity index (χ3n) is 5.43. The van der Waals surface area contributed by atoms with Gasteiger partial charge in [0.2, 0.25) is 5.91 Å². The molecule has 0 aromatic heterocycles. The van der Waals surface area contributed by atoms with Crippen LogP contribution in [0.15, 0.2) is 42.5 Å². The van der Waals surface area contributed by atoms with Crippen LogP contribution in [0.1, 0.15) is 53.7 Å². The summed E-state index contributed by atoms with van der Waals surface area (Å²) in [6.45, 7) is 3.96. The molecule has 1 aliphatic rings. The quantitative estimate of drug-likeness (QED) is 0.504. The molecule has 7 nitrogen and oxygen atoms in total. The SMILES string of the molecule is CC.CNC(=O)C(CCC=O)N1Cc2cc(CNC(=O)C(F)(F)c3ccc(Cl)cc3)ccc2C1=O. The Labute approximate surface area is 207 Å². The summed E-state index contributed by atoms with van der Waals surface area (Å²) >= 11 is 5.71. The number of rotatable bonds is 9. The summed E-state index contributed by atoms with van der Waals surface area (Å²) in [4.78, 5) is 49.3. The number of halogens is 3. The van der Waals surface area contributed by atoms with Crippen molar-refractivity contribution in [2.75, 3.05) is 7.05 Å². The Morgan fingerprint density at radius 2 is 1.83 bits per heavy atom. The molecule has 0 fully saturated rings. The first kappa shape index (κ1) is 27.9. The van der Waals surface area contributed by atoms with Gasteiger partial charge in [-0.05, 0) is 35.7 Å². The Bertz CT molecular complexity index is 1080. The second-order valence-electron chi connectivity index (χ2n) is 7.56. The van der Waals surface area contributed by atoms with Gasteiger partial charge in [0, 0.05) is 42.7 Å².